The van der Waals surface area contributed by atoms with E-state index < -0.39 is 0 Å². The van der Waals surface area contributed by atoms with E-state index in [0.717, 1.165) is 0 Å². The van der Waals surface area contributed by atoms with E-state index in [2.05, 4.69) is 10.1 Å². The van der Waals surface area contributed by atoms with Crippen LogP contribution in [0.1, 0.15) is 33.5 Å². The van der Waals surface area contributed by atoms with E-state index in [4.69, 9.17) is 0 Å². The first-order valence-electron chi connectivity index (χ1n) is 5.94. The fourth-order valence-corrected chi connectivity index (χ4v) is 1.91. The Kier molecular flexibility index (Phi) is 4.73. The summed E-state index contributed by atoms with van der Waals surface area (Å²) in [6, 6.07) is -0.269. The molecule has 0 saturated carbocycles. The lowest BCUT2D eigenvalue weighted by Crippen LogP contribution is -2.29. The normalized spacial score (nSPS) is 11.5. The Morgan fingerprint density at radius 3 is 2.32 bits per heavy atom. The fourth-order valence-electron chi connectivity index (χ4n) is 1.19. The van der Waals surface area contributed by atoms with Crippen molar-refractivity contribution in [3.63, 3.8) is 0 Å². The minimum absolute atomic E-state index is 0.0363. The van der Waals surface area contributed by atoms with Crippen LogP contribution >= 0.6 is 11.8 Å². The molecule has 0 fully saturated rings. The van der Waals surface area contributed by atoms with Gasteiger partial charge in [0, 0.05) is 19.5 Å². The number of rotatable bonds is 3. The molecule has 0 aromatic carbocycles. The minimum Gasteiger partial charge on any atom is -0.329 e. The summed E-state index contributed by atoms with van der Waals surface area (Å²) < 4.78 is 1.26. The predicted octanol–water partition coefficient (Wildman–Crippen LogP) is 1.79. The van der Waals surface area contributed by atoms with Gasteiger partial charge in [0.25, 0.3) is 0 Å². The van der Waals surface area contributed by atoms with Gasteiger partial charge in [-0.25, -0.2) is 9.78 Å². The molecule has 19 heavy (non-hydrogen) atoms. The number of amides is 1. The molecule has 0 unspecified atom stereocenters. The second-order valence-electron chi connectivity index (χ2n) is 5.55. The van der Waals surface area contributed by atoms with Crippen molar-refractivity contribution in [3.05, 3.63) is 5.82 Å². The quantitative estimate of drug-likeness (QED) is 0.792. The van der Waals surface area contributed by atoms with Gasteiger partial charge in [-0.15, -0.1) is 5.10 Å². The van der Waals surface area contributed by atoms with Gasteiger partial charge in [-0.05, 0) is 6.92 Å². The first kappa shape index (κ1) is 15.7. The second kappa shape index (κ2) is 5.73. The Morgan fingerprint density at radius 2 is 1.89 bits per heavy atom. The lowest BCUT2D eigenvalue weighted by atomic mass is 9.96. The zero-order chi connectivity index (χ0) is 14.8. The number of Topliss-reactive ketones (excluding diaryl/α,β-unsaturated/α-hetero) is 1. The molecule has 106 valence electrons. The largest absolute Gasteiger partial charge is 0.346 e. The van der Waals surface area contributed by atoms with Crippen LogP contribution in [0.25, 0.3) is 0 Å². The van der Waals surface area contributed by atoms with Gasteiger partial charge in [-0.2, -0.15) is 4.68 Å². The summed E-state index contributed by atoms with van der Waals surface area (Å²) in [7, 11) is 3.31. The second-order valence-corrected chi connectivity index (χ2v) is 6.49. The molecular weight excluding hydrogens is 264 g/mol. The highest BCUT2D eigenvalue weighted by Crippen LogP contribution is 2.23. The number of carbonyl (C=O) groups excluding carboxylic acids is 2. The van der Waals surface area contributed by atoms with Crippen LogP contribution in [0.15, 0.2) is 5.16 Å². The average Bonchev–Trinajstić information content (AvgIpc) is 2.68. The molecule has 0 bridgehead atoms. The lowest BCUT2D eigenvalue weighted by molar-refractivity contribution is -0.114. The van der Waals surface area contributed by atoms with E-state index in [1.165, 1.54) is 28.3 Å². The van der Waals surface area contributed by atoms with E-state index >= 15 is 0 Å². The Labute approximate surface area is 117 Å². The summed E-state index contributed by atoms with van der Waals surface area (Å²) >= 11 is 1.23. The molecule has 0 aliphatic heterocycles. The molecule has 0 radical (unpaired) electrons. The molecule has 1 aromatic rings. The molecule has 6 nitrogen and oxygen atoms in total. The monoisotopic (exact) mass is 284 g/mol. The summed E-state index contributed by atoms with van der Waals surface area (Å²) in [5, 5.41) is 4.72. The molecule has 0 aliphatic rings. The van der Waals surface area contributed by atoms with Gasteiger partial charge in [0.05, 0.1) is 5.75 Å². The van der Waals surface area contributed by atoms with Gasteiger partial charge >= 0.3 is 6.03 Å². The first-order valence-corrected chi connectivity index (χ1v) is 6.93. The van der Waals surface area contributed by atoms with Crippen LogP contribution in [0, 0.1) is 0 Å². The standard InChI is InChI=1S/C12H20N4O2S/c1-8(17)7-19-10-13-9(12(2,3)4)14-16(10)11(18)15(5)6/h7H2,1-6H3. The molecule has 1 heterocycles. The van der Waals surface area contributed by atoms with E-state index in [9.17, 15) is 9.59 Å². The first-order chi connectivity index (χ1) is 8.62. The highest BCUT2D eigenvalue weighted by atomic mass is 32.2. The maximum Gasteiger partial charge on any atom is 0.346 e. The van der Waals surface area contributed by atoms with Crippen molar-refractivity contribution in [1.29, 1.82) is 0 Å². The van der Waals surface area contributed by atoms with Gasteiger partial charge in [0.2, 0.25) is 0 Å². The topological polar surface area (TPSA) is 68.1 Å². The maximum absolute atomic E-state index is 12.0. The number of aromatic nitrogens is 3. The molecule has 7 heteroatoms. The summed E-state index contributed by atoms with van der Waals surface area (Å²) in [4.78, 5) is 28.9. The van der Waals surface area contributed by atoms with Crippen LogP contribution in [0.3, 0.4) is 0 Å². The minimum atomic E-state index is -0.269. The van der Waals surface area contributed by atoms with Crippen molar-refractivity contribution in [3.8, 4) is 0 Å². The Balaban J connectivity index is 3.14. The molecule has 0 atom stereocenters. The number of thioether (sulfide) groups is 1. The Hall–Kier alpha value is -1.37. The molecule has 1 rings (SSSR count). The van der Waals surface area contributed by atoms with Crippen LogP contribution in [0.5, 0.6) is 0 Å². The number of hydrogen-bond acceptors (Lipinski definition) is 5. The van der Waals surface area contributed by atoms with Crippen molar-refractivity contribution in [2.24, 2.45) is 0 Å². The number of hydrogen-bond donors (Lipinski definition) is 0. The average molecular weight is 284 g/mol. The molecule has 0 aliphatic carbocycles. The summed E-state index contributed by atoms with van der Waals surface area (Å²) in [6.45, 7) is 7.44. The smallest absolute Gasteiger partial charge is 0.329 e. The van der Waals surface area contributed by atoms with Crippen molar-refractivity contribution in [1.82, 2.24) is 19.7 Å². The zero-order valence-corrected chi connectivity index (χ0v) is 13.0. The van der Waals surface area contributed by atoms with E-state index in [1.807, 2.05) is 20.8 Å². The highest BCUT2D eigenvalue weighted by Gasteiger charge is 2.25. The molecule has 0 N–H and O–H groups in total. The van der Waals surface area contributed by atoms with Gasteiger partial charge in [-0.1, -0.05) is 32.5 Å². The number of ketones is 1. The molecule has 0 spiro atoms. The lowest BCUT2D eigenvalue weighted by Gasteiger charge is -2.13. The summed E-state index contributed by atoms with van der Waals surface area (Å²) in [6.07, 6.45) is 0. The number of nitrogens with zero attached hydrogens (tertiary/aromatic N) is 4. The van der Waals surface area contributed by atoms with Crippen LogP contribution in [-0.2, 0) is 10.2 Å². The van der Waals surface area contributed by atoms with Crippen LogP contribution < -0.4 is 0 Å². The third kappa shape index (κ3) is 4.05. The van der Waals surface area contributed by atoms with Gasteiger partial charge in [0.15, 0.2) is 11.0 Å². The van der Waals surface area contributed by atoms with E-state index in [1.54, 1.807) is 14.1 Å². The fraction of sp³-hybridized carbons (Fsp3) is 0.667. The van der Waals surface area contributed by atoms with E-state index in [-0.39, 0.29) is 23.0 Å². The molecular formula is C12H20N4O2S. The number of carbonyl (C=O) groups is 2. The van der Waals surface area contributed by atoms with Gasteiger partial charge < -0.3 is 4.90 Å². The van der Waals surface area contributed by atoms with Crippen LogP contribution in [0.2, 0.25) is 0 Å². The third-order valence-corrected chi connectivity index (χ3v) is 3.29. The molecule has 1 amide bonds. The SMILES string of the molecule is CC(=O)CSc1nc(C(C)(C)C)nn1C(=O)N(C)C. The zero-order valence-electron chi connectivity index (χ0n) is 12.2. The van der Waals surface area contributed by atoms with Crippen molar-refractivity contribution in [2.75, 3.05) is 19.8 Å². The van der Waals surface area contributed by atoms with Gasteiger partial charge in [-0.3, -0.25) is 4.79 Å². The third-order valence-electron chi connectivity index (χ3n) is 2.22. The molecule has 0 saturated heterocycles. The van der Waals surface area contributed by atoms with Crippen molar-refractivity contribution >= 4 is 23.6 Å². The highest BCUT2D eigenvalue weighted by molar-refractivity contribution is 7.99. The van der Waals surface area contributed by atoms with Crippen molar-refractivity contribution in [2.45, 2.75) is 38.3 Å². The maximum atomic E-state index is 12.0. The van der Waals surface area contributed by atoms with Gasteiger partial charge in [0.1, 0.15) is 5.78 Å². The Morgan fingerprint density at radius 1 is 1.32 bits per heavy atom. The summed E-state index contributed by atoms with van der Waals surface area (Å²) in [5.74, 6) is 0.908. The molecule has 1 aromatic heterocycles. The van der Waals surface area contributed by atoms with Crippen LogP contribution in [0.4, 0.5) is 4.79 Å². The van der Waals surface area contributed by atoms with E-state index in [0.29, 0.717) is 11.0 Å². The summed E-state index contributed by atoms with van der Waals surface area (Å²) in [5.41, 5.74) is -0.247. The van der Waals surface area contributed by atoms with Crippen LogP contribution in [-0.4, -0.2) is 51.3 Å². The van der Waals surface area contributed by atoms with Crippen molar-refractivity contribution < 1.29 is 9.59 Å². The predicted molar refractivity (Wildman–Crippen MR) is 74.6 cm³/mol. The Bertz CT molecular complexity index is 488.